The number of halogens is 2. The van der Waals surface area contributed by atoms with Crippen molar-refractivity contribution in [3.05, 3.63) is 93.5 Å². The van der Waals surface area contributed by atoms with Gasteiger partial charge in [0.1, 0.15) is 30.0 Å². The van der Waals surface area contributed by atoms with Gasteiger partial charge in [-0.15, -0.1) is 0 Å². The smallest absolute Gasteiger partial charge is 0.255 e. The van der Waals surface area contributed by atoms with Crippen molar-refractivity contribution in [2.45, 2.75) is 50.5 Å². The number of nitriles is 1. The molecule has 2 fully saturated rings. The summed E-state index contributed by atoms with van der Waals surface area (Å²) in [5, 5.41) is 11.3. The molecule has 10 nitrogen and oxygen atoms in total. The van der Waals surface area contributed by atoms with Crippen LogP contribution in [0.25, 0.3) is 0 Å². The van der Waals surface area contributed by atoms with E-state index in [0.29, 0.717) is 60.7 Å². The second-order valence-electron chi connectivity index (χ2n) is 12.2. The fraction of sp³-hybridized carbons (Fsp3) is 0.353. The van der Waals surface area contributed by atoms with Crippen LogP contribution in [0.4, 0.5) is 14.5 Å². The summed E-state index contributed by atoms with van der Waals surface area (Å²) in [5.41, 5.74) is 10.6. The predicted molar refractivity (Wildman–Crippen MR) is 163 cm³/mol. The Hall–Kier alpha value is -4.86. The van der Waals surface area contributed by atoms with E-state index in [1.807, 2.05) is 11.0 Å². The molecule has 3 aromatic carbocycles. The number of anilines is 1. The lowest BCUT2D eigenvalue weighted by Gasteiger charge is -2.40. The number of ether oxygens (including phenoxy) is 1. The minimum Gasteiger partial charge on any atom is -0.488 e. The average Bonchev–Trinajstić information content (AvgIpc) is 3.55. The molecule has 3 atom stereocenters. The van der Waals surface area contributed by atoms with E-state index in [0.717, 1.165) is 11.1 Å². The van der Waals surface area contributed by atoms with Crippen LogP contribution in [0.5, 0.6) is 5.75 Å². The first-order valence-electron chi connectivity index (χ1n) is 15.4. The maximum absolute atomic E-state index is 15.6. The number of fused-ring (bicyclic) bond motifs is 2. The molecule has 3 aliphatic heterocycles. The Kier molecular flexibility index (Phi) is 7.66. The second kappa shape index (κ2) is 11.8. The summed E-state index contributed by atoms with van der Waals surface area (Å²) in [6, 6.07) is 13.7. The fourth-order valence-electron chi connectivity index (χ4n) is 7.23. The van der Waals surface area contributed by atoms with Crippen LogP contribution in [0, 0.1) is 23.0 Å². The van der Waals surface area contributed by atoms with Crippen molar-refractivity contribution in [3.63, 3.8) is 0 Å². The van der Waals surface area contributed by atoms with Gasteiger partial charge in [-0.3, -0.25) is 24.6 Å². The van der Waals surface area contributed by atoms with Gasteiger partial charge in [-0.1, -0.05) is 6.07 Å². The molecule has 3 N–H and O–H groups in total. The Morgan fingerprint density at radius 3 is 2.57 bits per heavy atom. The molecule has 236 valence electrons. The fourth-order valence-corrected chi connectivity index (χ4v) is 7.23. The van der Waals surface area contributed by atoms with Crippen molar-refractivity contribution >= 4 is 23.4 Å². The number of amides is 3. The quantitative estimate of drug-likeness (QED) is 0.400. The number of nitrogens with one attached hydrogen (secondary N) is 1. The van der Waals surface area contributed by atoms with Crippen LogP contribution in [0.3, 0.4) is 0 Å². The maximum Gasteiger partial charge on any atom is 0.255 e. The van der Waals surface area contributed by atoms with E-state index in [4.69, 9.17) is 15.7 Å². The number of imide groups is 1. The molecule has 2 unspecified atom stereocenters. The van der Waals surface area contributed by atoms with E-state index in [2.05, 4.69) is 10.2 Å². The molecule has 2 saturated heterocycles. The lowest BCUT2D eigenvalue weighted by molar-refractivity contribution is -0.136. The maximum atomic E-state index is 15.6. The molecule has 0 saturated carbocycles. The molecule has 0 bridgehead atoms. The van der Waals surface area contributed by atoms with Crippen molar-refractivity contribution in [2.75, 3.05) is 31.1 Å². The average molecular weight is 627 g/mol. The molecule has 7 rings (SSSR count). The Labute approximate surface area is 264 Å². The Balaban J connectivity index is 1.03. The van der Waals surface area contributed by atoms with Crippen LogP contribution in [0.1, 0.15) is 57.1 Å². The molecule has 1 aliphatic carbocycles. The Morgan fingerprint density at radius 2 is 1.83 bits per heavy atom. The van der Waals surface area contributed by atoms with Crippen LogP contribution < -0.4 is 20.7 Å². The summed E-state index contributed by atoms with van der Waals surface area (Å²) in [5.74, 6) is -1.54. The van der Waals surface area contributed by atoms with Crippen molar-refractivity contribution in [3.8, 4) is 11.8 Å². The van der Waals surface area contributed by atoms with Crippen molar-refractivity contribution in [1.82, 2.24) is 15.1 Å². The van der Waals surface area contributed by atoms with Crippen molar-refractivity contribution < 1.29 is 27.9 Å². The zero-order valence-electron chi connectivity index (χ0n) is 25.0. The summed E-state index contributed by atoms with van der Waals surface area (Å²) in [6.07, 6.45) is 1.00. The highest BCUT2D eigenvalue weighted by Gasteiger charge is 2.41. The molecule has 3 aromatic rings. The van der Waals surface area contributed by atoms with Gasteiger partial charge >= 0.3 is 0 Å². The monoisotopic (exact) mass is 626 g/mol. The first kappa shape index (κ1) is 29.8. The minimum atomic E-state index is -0.739. The highest BCUT2D eigenvalue weighted by Crippen LogP contribution is 2.39. The van der Waals surface area contributed by atoms with E-state index < -0.39 is 23.6 Å². The number of hydrogen-bond donors (Lipinski definition) is 2. The minimum absolute atomic E-state index is 0.0586. The van der Waals surface area contributed by atoms with Gasteiger partial charge in [-0.2, -0.15) is 5.26 Å². The van der Waals surface area contributed by atoms with Gasteiger partial charge in [0.25, 0.3) is 5.91 Å². The zero-order chi connectivity index (χ0) is 32.1. The second-order valence-corrected chi connectivity index (χ2v) is 12.2. The third-order valence-electron chi connectivity index (χ3n) is 9.54. The number of nitrogens with two attached hydrogens (primary N) is 1. The number of carbonyl (C=O) groups excluding carboxylic acids is 3. The topological polar surface area (TPSA) is 132 Å². The van der Waals surface area contributed by atoms with E-state index in [1.54, 1.807) is 42.5 Å². The lowest BCUT2D eigenvalue weighted by Crippen LogP contribution is -2.52. The Bertz CT molecular complexity index is 1800. The molecule has 0 spiro atoms. The first-order valence-corrected chi connectivity index (χ1v) is 15.4. The molecule has 46 heavy (non-hydrogen) atoms. The number of piperazine rings is 1. The van der Waals surface area contributed by atoms with Gasteiger partial charge in [-0.25, -0.2) is 8.78 Å². The molecule has 0 aromatic heterocycles. The summed E-state index contributed by atoms with van der Waals surface area (Å²) >= 11 is 0. The van der Waals surface area contributed by atoms with E-state index in [1.165, 1.54) is 11.0 Å². The third kappa shape index (κ3) is 5.25. The molecule has 0 radical (unpaired) electrons. The number of piperidine rings is 1. The molecular weight excluding hydrogens is 594 g/mol. The molecular formula is C34H32F2N6O4. The highest BCUT2D eigenvalue weighted by atomic mass is 19.1. The standard InChI is InChI=1S/C34H32F2N6O4/c35-25-15-23-20(14-27(38)32(23)41-10-8-40(9-11-41)28-5-4-19(16-37)12-26(28)36)13-21(25)18-46-30-3-1-2-22-24(30)17-42(34(22)45)29-6-7-31(43)39-33(29)44/h1-5,12-13,15,27,29,32H,6-11,14,17-18,38H2,(H,39,43,44)/t27?,29-,32?/m0/s1. The number of rotatable bonds is 6. The van der Waals surface area contributed by atoms with E-state index in [9.17, 15) is 18.8 Å². The summed E-state index contributed by atoms with van der Waals surface area (Å²) in [6.45, 7) is 2.48. The highest BCUT2D eigenvalue weighted by molar-refractivity contribution is 6.05. The summed E-state index contributed by atoms with van der Waals surface area (Å²) in [7, 11) is 0. The SMILES string of the molecule is N#Cc1ccc(N2CCN(C3c4cc(F)c(COc5cccc6c5CN([C@H]5CCC(=O)NC5=O)C6=O)cc4CC3N)CC2)c(F)c1. The van der Waals surface area contributed by atoms with Crippen LogP contribution >= 0.6 is 0 Å². The zero-order valence-corrected chi connectivity index (χ0v) is 25.0. The van der Waals surface area contributed by atoms with Gasteiger partial charge in [-0.05, 0) is 66.4 Å². The van der Waals surface area contributed by atoms with Gasteiger partial charge in [0.2, 0.25) is 11.8 Å². The molecule has 12 heteroatoms. The molecule has 3 amide bonds. The van der Waals surface area contributed by atoms with Crippen LogP contribution in [0.2, 0.25) is 0 Å². The summed E-state index contributed by atoms with van der Waals surface area (Å²) in [4.78, 5) is 42.8. The van der Waals surface area contributed by atoms with Crippen molar-refractivity contribution in [1.29, 1.82) is 5.26 Å². The van der Waals surface area contributed by atoms with E-state index >= 15 is 4.39 Å². The summed E-state index contributed by atoms with van der Waals surface area (Å²) < 4.78 is 36.3. The van der Waals surface area contributed by atoms with Crippen LogP contribution in [0.15, 0.2) is 48.5 Å². The number of benzene rings is 3. The van der Waals surface area contributed by atoms with Gasteiger partial charge in [0.05, 0.1) is 29.9 Å². The first-order chi connectivity index (χ1) is 22.2. The molecule has 4 aliphatic rings. The number of nitrogens with zero attached hydrogens (tertiary/aromatic N) is 4. The normalized spacial score (nSPS) is 22.8. The van der Waals surface area contributed by atoms with Crippen LogP contribution in [-0.4, -0.2) is 65.8 Å². The van der Waals surface area contributed by atoms with Gasteiger partial charge in [0.15, 0.2) is 0 Å². The Morgan fingerprint density at radius 1 is 1.02 bits per heavy atom. The number of carbonyl (C=O) groups is 3. The lowest BCUT2D eigenvalue weighted by atomic mass is 10.0. The van der Waals surface area contributed by atoms with Gasteiger partial charge < -0.3 is 20.3 Å². The molecule has 3 heterocycles. The largest absolute Gasteiger partial charge is 0.488 e. The number of hydrogen-bond acceptors (Lipinski definition) is 8. The third-order valence-corrected chi connectivity index (χ3v) is 9.54. The van der Waals surface area contributed by atoms with Crippen LogP contribution in [-0.2, 0) is 29.2 Å². The van der Waals surface area contributed by atoms with E-state index in [-0.39, 0.29) is 55.5 Å². The van der Waals surface area contributed by atoms with Crippen molar-refractivity contribution in [2.24, 2.45) is 5.73 Å². The van der Waals surface area contributed by atoms with Gasteiger partial charge in [0, 0.05) is 55.3 Å². The predicted octanol–water partition coefficient (Wildman–Crippen LogP) is 2.92.